The maximum Gasteiger partial charge on any atom is 0.333 e. The summed E-state index contributed by atoms with van der Waals surface area (Å²) in [5.41, 5.74) is 2.52. The zero-order valence-corrected chi connectivity index (χ0v) is 21.5. The molecule has 3 aliphatic heterocycles. The molecule has 0 radical (unpaired) electrons. The Labute approximate surface area is 221 Å². The Morgan fingerprint density at radius 2 is 1.68 bits per heavy atom. The fourth-order valence-corrected chi connectivity index (χ4v) is 6.73. The molecule has 4 aromatic rings. The summed E-state index contributed by atoms with van der Waals surface area (Å²) in [5.74, 6) is 0.266. The minimum Gasteiger partial charge on any atom is -0.454 e. The number of thiophene rings is 1. The van der Waals surface area contributed by atoms with Gasteiger partial charge in [-0.1, -0.05) is 48.5 Å². The standard InChI is InChI=1S/C31H31N2O3S/c34-27(24-11-12-29-25(19-24)15-18-37-29)20-33-16-13-22(14-17-33)28(21-33)36-31(35)30(23-7-3-1-4-8-23)32-26-9-5-2-6-10-26/h1-12,15,18-19,22,28,30,32H,13-14,16-17,20-21H2/q+1/t22?,28-,30+,33?/m0/s1. The Morgan fingerprint density at radius 3 is 2.43 bits per heavy atom. The fourth-order valence-electron chi connectivity index (χ4n) is 5.95. The lowest BCUT2D eigenvalue weighted by molar-refractivity contribution is -0.938. The fraction of sp³-hybridized carbons (Fsp3) is 0.290. The lowest BCUT2D eigenvalue weighted by Gasteiger charge is -2.51. The molecule has 5 nitrogen and oxygen atoms in total. The molecule has 37 heavy (non-hydrogen) atoms. The van der Waals surface area contributed by atoms with Crippen LogP contribution in [0.25, 0.3) is 10.1 Å². The first-order valence-corrected chi connectivity index (χ1v) is 13.9. The van der Waals surface area contributed by atoms with Gasteiger partial charge in [-0.05, 0) is 52.7 Å². The van der Waals surface area contributed by atoms with Crippen molar-refractivity contribution < 1.29 is 18.8 Å². The van der Waals surface area contributed by atoms with E-state index in [1.807, 2.05) is 78.9 Å². The SMILES string of the molecule is O=C(C[N+]12CCC(CC1)[C@@H](OC(=O)[C@H](Nc1ccccc1)c1ccccc1)C2)c1ccc2sccc2c1. The number of piperidine rings is 3. The smallest absolute Gasteiger partial charge is 0.333 e. The van der Waals surface area contributed by atoms with E-state index in [1.54, 1.807) is 11.3 Å². The average molecular weight is 512 g/mol. The van der Waals surface area contributed by atoms with Gasteiger partial charge < -0.3 is 14.5 Å². The van der Waals surface area contributed by atoms with Gasteiger partial charge in [0, 0.05) is 34.7 Å². The van der Waals surface area contributed by atoms with Crippen molar-refractivity contribution in [2.45, 2.75) is 25.0 Å². The third-order valence-electron chi connectivity index (χ3n) is 8.02. The first-order chi connectivity index (χ1) is 18.1. The molecular weight excluding hydrogens is 480 g/mol. The summed E-state index contributed by atoms with van der Waals surface area (Å²) in [7, 11) is 0. The van der Waals surface area contributed by atoms with E-state index in [9.17, 15) is 9.59 Å². The van der Waals surface area contributed by atoms with Gasteiger partial charge in [-0.25, -0.2) is 4.79 Å². The van der Waals surface area contributed by atoms with Crippen molar-refractivity contribution in [2.75, 3.05) is 31.5 Å². The largest absolute Gasteiger partial charge is 0.454 e. The molecule has 1 aromatic heterocycles. The lowest BCUT2D eigenvalue weighted by Crippen LogP contribution is -2.65. The summed E-state index contributed by atoms with van der Waals surface area (Å²) < 4.78 is 8.15. The summed E-state index contributed by atoms with van der Waals surface area (Å²) in [4.78, 5) is 26.9. The predicted molar refractivity (Wildman–Crippen MR) is 148 cm³/mol. The Balaban J connectivity index is 1.18. The van der Waals surface area contributed by atoms with Crippen molar-refractivity contribution in [3.63, 3.8) is 0 Å². The normalized spacial score (nSPS) is 23.5. The molecule has 1 N–H and O–H groups in total. The zero-order valence-electron chi connectivity index (χ0n) is 20.7. The van der Waals surface area contributed by atoms with Crippen LogP contribution >= 0.6 is 11.3 Å². The van der Waals surface area contributed by atoms with Gasteiger partial charge in [0.05, 0.1) is 13.1 Å². The Kier molecular flexibility index (Phi) is 6.53. The zero-order chi connectivity index (χ0) is 25.2. The predicted octanol–water partition coefficient (Wildman–Crippen LogP) is 6.09. The Bertz CT molecular complexity index is 1390. The molecule has 2 atom stereocenters. The van der Waals surface area contributed by atoms with Crippen LogP contribution in [-0.2, 0) is 9.53 Å². The molecule has 3 aromatic carbocycles. The van der Waals surface area contributed by atoms with Crippen LogP contribution in [0, 0.1) is 5.92 Å². The molecule has 4 heterocycles. The molecule has 0 spiro atoms. The maximum absolute atomic E-state index is 13.6. The second kappa shape index (κ2) is 10.1. The number of para-hydroxylation sites is 1. The van der Waals surface area contributed by atoms with E-state index >= 15 is 0 Å². The number of fused-ring (bicyclic) bond motifs is 4. The molecule has 0 saturated carbocycles. The molecule has 6 heteroatoms. The topological polar surface area (TPSA) is 55.4 Å². The number of carbonyl (C=O) groups excluding carboxylic acids is 2. The van der Waals surface area contributed by atoms with Gasteiger partial charge in [0.15, 0.2) is 12.1 Å². The quantitative estimate of drug-likeness (QED) is 0.177. The molecule has 0 aliphatic carbocycles. The van der Waals surface area contributed by atoms with E-state index in [0.29, 0.717) is 23.5 Å². The van der Waals surface area contributed by atoms with Crippen LogP contribution in [0.15, 0.2) is 90.3 Å². The van der Waals surface area contributed by atoms with E-state index in [-0.39, 0.29) is 17.9 Å². The molecule has 2 bridgehead atoms. The molecule has 3 saturated heterocycles. The van der Waals surface area contributed by atoms with Gasteiger partial charge in [-0.3, -0.25) is 4.79 Å². The molecule has 3 fully saturated rings. The van der Waals surface area contributed by atoms with Gasteiger partial charge in [0.25, 0.3) is 0 Å². The van der Waals surface area contributed by atoms with Crippen LogP contribution in [0.3, 0.4) is 0 Å². The summed E-state index contributed by atoms with van der Waals surface area (Å²) in [6.45, 7) is 3.10. The van der Waals surface area contributed by atoms with Gasteiger partial charge in [0.2, 0.25) is 5.78 Å². The van der Waals surface area contributed by atoms with Gasteiger partial charge in [0.1, 0.15) is 13.1 Å². The number of carbonyl (C=O) groups is 2. The van der Waals surface area contributed by atoms with Crippen molar-refractivity contribution in [1.29, 1.82) is 0 Å². The third kappa shape index (κ3) is 5.04. The van der Waals surface area contributed by atoms with Crippen LogP contribution < -0.4 is 5.32 Å². The summed E-state index contributed by atoms with van der Waals surface area (Å²) >= 11 is 1.69. The minimum absolute atomic E-state index is 0.173. The number of nitrogens with zero attached hydrogens (tertiary/aromatic N) is 1. The highest BCUT2D eigenvalue weighted by molar-refractivity contribution is 7.17. The second-order valence-corrected chi connectivity index (χ2v) is 11.3. The number of ether oxygens (including phenoxy) is 1. The van der Waals surface area contributed by atoms with Gasteiger partial charge in [-0.2, -0.15) is 0 Å². The summed E-state index contributed by atoms with van der Waals surface area (Å²) in [6, 6.07) is 27.0. The first kappa shape index (κ1) is 23.9. The Hall–Kier alpha value is -3.48. The summed E-state index contributed by atoms with van der Waals surface area (Å²) in [5, 5.41) is 6.55. The minimum atomic E-state index is -0.591. The number of nitrogens with one attached hydrogen (secondary N) is 1. The third-order valence-corrected chi connectivity index (χ3v) is 8.91. The van der Waals surface area contributed by atoms with Crippen LogP contribution in [0.5, 0.6) is 0 Å². The van der Waals surface area contributed by atoms with E-state index in [2.05, 4.69) is 16.8 Å². The van der Waals surface area contributed by atoms with Crippen molar-refractivity contribution in [1.82, 2.24) is 0 Å². The van der Waals surface area contributed by atoms with E-state index in [0.717, 1.165) is 48.1 Å². The lowest BCUT2D eigenvalue weighted by atomic mass is 9.82. The van der Waals surface area contributed by atoms with Crippen molar-refractivity contribution in [3.05, 3.63) is 101 Å². The second-order valence-electron chi connectivity index (χ2n) is 10.4. The number of benzene rings is 3. The average Bonchev–Trinajstić information content (AvgIpc) is 3.41. The number of rotatable bonds is 8. The number of hydrogen-bond acceptors (Lipinski definition) is 5. The van der Waals surface area contributed by atoms with Crippen LogP contribution in [-0.4, -0.2) is 48.5 Å². The molecule has 3 aliphatic rings. The number of hydrogen-bond donors (Lipinski definition) is 1. The maximum atomic E-state index is 13.6. The highest BCUT2D eigenvalue weighted by Crippen LogP contribution is 2.37. The van der Waals surface area contributed by atoms with Crippen molar-refractivity contribution in [2.24, 2.45) is 5.92 Å². The number of ketones is 1. The highest BCUT2D eigenvalue weighted by Gasteiger charge is 2.49. The highest BCUT2D eigenvalue weighted by atomic mass is 32.1. The monoisotopic (exact) mass is 511 g/mol. The number of anilines is 1. The van der Waals surface area contributed by atoms with E-state index in [4.69, 9.17) is 4.74 Å². The molecule has 7 rings (SSSR count). The van der Waals surface area contributed by atoms with Gasteiger partial charge in [-0.15, -0.1) is 11.3 Å². The van der Waals surface area contributed by atoms with Crippen LogP contribution in [0.1, 0.15) is 34.8 Å². The number of esters is 1. The van der Waals surface area contributed by atoms with Gasteiger partial charge >= 0.3 is 5.97 Å². The van der Waals surface area contributed by atoms with Crippen LogP contribution in [0.4, 0.5) is 5.69 Å². The number of Topliss-reactive ketones (excluding diaryl/α,β-unsaturated/α-hetero) is 1. The summed E-state index contributed by atoms with van der Waals surface area (Å²) in [6.07, 6.45) is 1.79. The molecular formula is C31H31N2O3S+. The van der Waals surface area contributed by atoms with E-state index in [1.165, 1.54) is 4.70 Å². The van der Waals surface area contributed by atoms with Crippen molar-refractivity contribution >= 4 is 38.9 Å². The first-order valence-electron chi connectivity index (χ1n) is 13.0. The van der Waals surface area contributed by atoms with Crippen molar-refractivity contribution in [3.8, 4) is 0 Å². The molecule has 0 unspecified atom stereocenters. The molecule has 188 valence electrons. The Morgan fingerprint density at radius 1 is 0.946 bits per heavy atom. The van der Waals surface area contributed by atoms with Crippen LogP contribution in [0.2, 0.25) is 0 Å². The number of quaternary nitrogens is 1. The molecule has 0 amide bonds. The van der Waals surface area contributed by atoms with E-state index < -0.39 is 6.04 Å².